The van der Waals surface area contributed by atoms with Gasteiger partial charge in [0.15, 0.2) is 0 Å². The molecular formula is C11H11F2NO3S. The van der Waals surface area contributed by atoms with E-state index in [9.17, 15) is 22.0 Å². The minimum atomic E-state index is -3.71. The summed E-state index contributed by atoms with van der Waals surface area (Å²) in [6.07, 6.45) is 1.000. The van der Waals surface area contributed by atoms with Crippen molar-refractivity contribution >= 4 is 15.9 Å². The van der Waals surface area contributed by atoms with E-state index in [0.717, 1.165) is 12.1 Å². The van der Waals surface area contributed by atoms with Crippen molar-refractivity contribution in [3.05, 3.63) is 35.4 Å². The summed E-state index contributed by atoms with van der Waals surface area (Å²) in [6, 6.07) is 2.39. The molecule has 18 heavy (non-hydrogen) atoms. The second kappa shape index (κ2) is 4.64. The summed E-state index contributed by atoms with van der Waals surface area (Å²) in [5, 5.41) is 0. The van der Waals surface area contributed by atoms with Crippen LogP contribution in [0.5, 0.6) is 0 Å². The first-order valence-corrected chi connectivity index (χ1v) is 7.02. The molecule has 1 aromatic carbocycles. The highest BCUT2D eigenvalue weighted by molar-refractivity contribution is 7.89. The van der Waals surface area contributed by atoms with Crippen LogP contribution in [0.1, 0.15) is 23.2 Å². The fourth-order valence-corrected chi connectivity index (χ4v) is 3.36. The van der Waals surface area contributed by atoms with Crippen LogP contribution in [-0.4, -0.2) is 30.9 Å². The fourth-order valence-electron chi connectivity index (χ4n) is 1.81. The van der Waals surface area contributed by atoms with Gasteiger partial charge in [-0.25, -0.2) is 21.5 Å². The van der Waals surface area contributed by atoms with Crippen LogP contribution >= 0.6 is 0 Å². The molecule has 1 fully saturated rings. The largest absolute Gasteiger partial charge is 0.270 e. The molecule has 0 atom stereocenters. The van der Waals surface area contributed by atoms with Gasteiger partial charge in [0.2, 0.25) is 10.0 Å². The molecule has 0 radical (unpaired) electrons. The van der Waals surface area contributed by atoms with E-state index in [1.54, 1.807) is 0 Å². The van der Waals surface area contributed by atoms with Gasteiger partial charge in [-0.3, -0.25) is 4.79 Å². The number of halogens is 2. The molecule has 1 aliphatic heterocycles. The van der Waals surface area contributed by atoms with E-state index >= 15 is 0 Å². The maximum Gasteiger partial charge on any atom is 0.270 e. The van der Waals surface area contributed by atoms with Gasteiger partial charge in [-0.15, -0.1) is 0 Å². The molecule has 0 unspecified atom stereocenters. The number of hydrogen-bond acceptors (Lipinski definition) is 3. The van der Waals surface area contributed by atoms with Gasteiger partial charge >= 0.3 is 0 Å². The minimum Gasteiger partial charge on any atom is -0.268 e. The van der Waals surface area contributed by atoms with Gasteiger partial charge in [0.1, 0.15) is 11.6 Å². The zero-order valence-electron chi connectivity index (χ0n) is 9.40. The van der Waals surface area contributed by atoms with Crippen LogP contribution in [-0.2, 0) is 10.0 Å². The van der Waals surface area contributed by atoms with Crippen molar-refractivity contribution in [1.29, 1.82) is 0 Å². The van der Waals surface area contributed by atoms with Crippen LogP contribution in [0.25, 0.3) is 0 Å². The van der Waals surface area contributed by atoms with Gasteiger partial charge in [0.25, 0.3) is 5.91 Å². The third-order valence-electron chi connectivity index (χ3n) is 2.73. The van der Waals surface area contributed by atoms with E-state index in [0.29, 0.717) is 23.2 Å². The first-order valence-electron chi connectivity index (χ1n) is 5.41. The molecule has 0 spiro atoms. The summed E-state index contributed by atoms with van der Waals surface area (Å²) in [5.41, 5.74) is -0.555. The molecule has 1 aliphatic rings. The molecule has 2 rings (SSSR count). The second-order valence-corrected chi connectivity index (χ2v) is 6.04. The van der Waals surface area contributed by atoms with Crippen molar-refractivity contribution in [2.75, 3.05) is 12.3 Å². The van der Waals surface area contributed by atoms with E-state index in [1.807, 2.05) is 0 Å². The molecule has 1 heterocycles. The summed E-state index contributed by atoms with van der Waals surface area (Å²) in [5.74, 6) is -2.86. The molecule has 98 valence electrons. The van der Waals surface area contributed by atoms with E-state index in [4.69, 9.17) is 0 Å². The molecule has 4 nitrogen and oxygen atoms in total. The first kappa shape index (κ1) is 12.9. The fraction of sp³-hybridized carbons (Fsp3) is 0.364. The van der Waals surface area contributed by atoms with Crippen molar-refractivity contribution in [3.8, 4) is 0 Å². The normalized spacial score (nSPS) is 18.7. The Bertz CT molecular complexity index is 586. The Morgan fingerprint density at radius 1 is 1.22 bits per heavy atom. The number of benzene rings is 1. The quantitative estimate of drug-likeness (QED) is 0.781. The van der Waals surface area contributed by atoms with Gasteiger partial charge in [0, 0.05) is 6.54 Å². The lowest BCUT2D eigenvalue weighted by atomic mass is 10.2. The third kappa shape index (κ3) is 2.35. The molecule has 1 saturated heterocycles. The molecule has 7 heteroatoms. The van der Waals surface area contributed by atoms with Crippen LogP contribution in [0, 0.1) is 11.6 Å². The van der Waals surface area contributed by atoms with Crippen LogP contribution in [0.15, 0.2) is 18.2 Å². The smallest absolute Gasteiger partial charge is 0.268 e. The second-order valence-electron chi connectivity index (χ2n) is 4.02. The number of hydrogen-bond donors (Lipinski definition) is 0. The number of amides is 1. The number of nitrogens with zero attached hydrogens (tertiary/aromatic N) is 1. The Morgan fingerprint density at radius 3 is 2.61 bits per heavy atom. The van der Waals surface area contributed by atoms with E-state index < -0.39 is 33.1 Å². The summed E-state index contributed by atoms with van der Waals surface area (Å²) in [6.45, 7) is 0.0110. The summed E-state index contributed by atoms with van der Waals surface area (Å²) in [4.78, 5) is 11.9. The predicted molar refractivity (Wildman–Crippen MR) is 60.4 cm³/mol. The summed E-state index contributed by atoms with van der Waals surface area (Å²) >= 11 is 0. The summed E-state index contributed by atoms with van der Waals surface area (Å²) in [7, 11) is -3.71. The lowest BCUT2D eigenvalue weighted by Gasteiger charge is -2.26. The Hall–Kier alpha value is -1.50. The minimum absolute atomic E-state index is 0.0110. The van der Waals surface area contributed by atoms with Crippen molar-refractivity contribution in [1.82, 2.24) is 4.31 Å². The Balaban J connectivity index is 2.39. The Kier molecular flexibility index (Phi) is 3.34. The third-order valence-corrected chi connectivity index (χ3v) is 4.56. The lowest BCUT2D eigenvalue weighted by Crippen LogP contribution is -2.42. The number of sulfonamides is 1. The molecule has 0 N–H and O–H groups in total. The Labute approximate surface area is 103 Å². The molecule has 0 bridgehead atoms. The predicted octanol–water partition coefficient (Wildman–Crippen LogP) is 1.53. The zero-order valence-corrected chi connectivity index (χ0v) is 10.2. The van der Waals surface area contributed by atoms with Crippen molar-refractivity contribution < 1.29 is 22.0 Å². The van der Waals surface area contributed by atoms with Gasteiger partial charge in [0.05, 0.1) is 11.3 Å². The van der Waals surface area contributed by atoms with Crippen molar-refractivity contribution in [2.45, 2.75) is 12.8 Å². The molecular weight excluding hydrogens is 264 g/mol. The molecule has 0 aromatic heterocycles. The van der Waals surface area contributed by atoms with Gasteiger partial charge < -0.3 is 0 Å². The van der Waals surface area contributed by atoms with Crippen LogP contribution in [0.2, 0.25) is 0 Å². The van der Waals surface area contributed by atoms with Crippen LogP contribution < -0.4 is 0 Å². The van der Waals surface area contributed by atoms with E-state index in [-0.39, 0.29) is 12.3 Å². The molecule has 1 aromatic rings. The number of carbonyl (C=O) groups is 1. The van der Waals surface area contributed by atoms with Gasteiger partial charge in [-0.05, 0) is 31.0 Å². The SMILES string of the molecule is O=C(c1cc(F)ccc1F)N1CCCCS1(=O)=O. The summed E-state index contributed by atoms with van der Waals surface area (Å²) < 4.78 is 50.4. The standard InChI is InChI=1S/C11H11F2NO3S/c12-8-3-4-10(13)9(7-8)11(15)14-5-1-2-6-18(14,16)17/h3-4,7H,1-2,5-6H2. The van der Waals surface area contributed by atoms with Gasteiger partial charge in [-0.1, -0.05) is 0 Å². The highest BCUT2D eigenvalue weighted by atomic mass is 32.2. The maximum absolute atomic E-state index is 13.4. The zero-order chi connectivity index (χ0) is 13.3. The monoisotopic (exact) mass is 275 g/mol. The topological polar surface area (TPSA) is 54.5 Å². The van der Waals surface area contributed by atoms with Crippen molar-refractivity contribution in [2.24, 2.45) is 0 Å². The highest BCUT2D eigenvalue weighted by Crippen LogP contribution is 2.19. The Morgan fingerprint density at radius 2 is 1.94 bits per heavy atom. The highest BCUT2D eigenvalue weighted by Gasteiger charge is 2.32. The van der Waals surface area contributed by atoms with E-state index in [2.05, 4.69) is 0 Å². The average molecular weight is 275 g/mol. The number of carbonyl (C=O) groups excluding carboxylic acids is 1. The lowest BCUT2D eigenvalue weighted by molar-refractivity contribution is 0.0850. The van der Waals surface area contributed by atoms with Gasteiger partial charge in [-0.2, -0.15) is 0 Å². The molecule has 0 aliphatic carbocycles. The first-order chi connectivity index (χ1) is 8.42. The molecule has 1 amide bonds. The molecule has 0 saturated carbocycles. The van der Waals surface area contributed by atoms with Crippen LogP contribution in [0.4, 0.5) is 8.78 Å². The van der Waals surface area contributed by atoms with E-state index in [1.165, 1.54) is 0 Å². The average Bonchev–Trinajstić information content (AvgIpc) is 2.31. The number of rotatable bonds is 1. The van der Waals surface area contributed by atoms with Crippen molar-refractivity contribution in [3.63, 3.8) is 0 Å². The van der Waals surface area contributed by atoms with Crippen LogP contribution in [0.3, 0.4) is 0 Å². The maximum atomic E-state index is 13.4.